The second-order valence-electron chi connectivity index (χ2n) is 32.2. The first kappa shape index (κ1) is 104. The molecular formula is C72H98N16O40P6. The number of aromatic nitrogens is 8. The van der Waals surface area contributed by atoms with Gasteiger partial charge in [-0.1, -0.05) is 23.8 Å². The molecule has 56 nitrogen and oxygen atoms in total. The van der Waals surface area contributed by atoms with Crippen LogP contribution in [0, 0.1) is 0 Å². The molecule has 8 aromatic rings. The van der Waals surface area contributed by atoms with E-state index in [2.05, 4.69) is 119 Å². The van der Waals surface area contributed by atoms with Gasteiger partial charge in [-0.25, -0.2) is 64.8 Å². The molecule has 62 heteroatoms. The van der Waals surface area contributed by atoms with E-state index in [0.29, 0.717) is 36.7 Å². The zero-order valence-electron chi connectivity index (χ0n) is 72.8. The highest BCUT2D eigenvalue weighted by atomic mass is 31.3. The van der Waals surface area contributed by atoms with Crippen LogP contribution in [0.4, 0.5) is 32.9 Å². The molecule has 0 spiro atoms. The zero-order chi connectivity index (χ0) is 98.8. The van der Waals surface area contributed by atoms with Crippen LogP contribution < -0.4 is 83.8 Å². The van der Waals surface area contributed by atoms with Crippen LogP contribution in [0.5, 0.6) is 0 Å². The Morgan fingerprint density at radius 1 is 0.545 bits per heavy atom. The number of H-pyrrole nitrogens is 2. The first-order valence-electron chi connectivity index (χ1n) is 40.7. The maximum absolute atomic E-state index is 13.1. The molecule has 2 fully saturated rings. The predicted molar refractivity (Wildman–Crippen MR) is 454 cm³/mol. The number of nitrogens with zero attached hydrogens (tertiary/aromatic N) is 8. The highest BCUT2D eigenvalue weighted by molar-refractivity contribution is 7.67. The van der Waals surface area contributed by atoms with Crippen molar-refractivity contribution in [3.63, 3.8) is 0 Å². The number of aliphatic hydroxyl groups is 2. The summed E-state index contributed by atoms with van der Waals surface area (Å²) in [6.07, 6.45) is -11.2. The summed E-state index contributed by atoms with van der Waals surface area (Å²) >= 11 is 0. The third-order valence-electron chi connectivity index (χ3n) is 21.3. The van der Waals surface area contributed by atoms with Crippen LogP contribution in [-0.4, -0.2) is 218 Å². The number of imidazole rings is 2. The highest BCUT2D eigenvalue weighted by Gasteiger charge is 2.54. The average Bonchev–Trinajstić information content (AvgIpc) is 1.20. The number of rotatable bonds is 36. The molecule has 16 atom stereocenters. The molecule has 4 amide bonds. The van der Waals surface area contributed by atoms with Crippen molar-refractivity contribution in [2.24, 2.45) is 14.1 Å². The molecular weight excluding hydrogens is 1910 g/mol. The SMILES string of the molecule is CCOC(=O)c1cc2cc3c(cc2oc1=O)N(CCCC(=O)NCCNC(=O)O[C@@H]1[C@H](O)[C@@H](COP(=O)(O)OP(=O)(O)OP(=O)([O-])O)O[C@H]1[n+]1cn(C)c2c(=O)[nH]c(N)nc21)C(C)(C)CC3C.CCOC(=O)c1cc2cc3c(cc2oc1=O)N(CCCC(=O)NCCNC(=O)O[C@H]1[C@@H](O)[C@H]([n+]2cn(C)c4c(=O)[nH]c(N)nc42)O[C@@H]1COP(=O)(O)OP(=O)(O)OP(=O)([O-])O)C(C)(C)CC3C. The number of hydrogen-bond donors (Lipinski definition) is 16. The molecule has 0 bridgehead atoms. The van der Waals surface area contributed by atoms with Gasteiger partial charge in [0.05, 0.1) is 40.5 Å². The second kappa shape index (κ2) is 41.4. The minimum Gasteiger partial charge on any atom is -0.756 e. The first-order chi connectivity index (χ1) is 62.4. The van der Waals surface area contributed by atoms with Crippen LogP contribution in [0.3, 0.4) is 0 Å². The number of nitrogens with one attached hydrogen (secondary N) is 6. The molecule has 134 heavy (non-hydrogen) atoms. The number of aryl methyl sites for hydroxylation is 2. The van der Waals surface area contributed by atoms with Gasteiger partial charge < -0.3 is 129 Å². The van der Waals surface area contributed by atoms with Gasteiger partial charge in [-0.3, -0.25) is 56.5 Å². The van der Waals surface area contributed by atoms with Gasteiger partial charge in [0.15, 0.2) is 31.0 Å². The number of phosphoric ester groups is 2. The Kier molecular flexibility index (Phi) is 32.2. The van der Waals surface area contributed by atoms with Crippen molar-refractivity contribution in [2.75, 3.05) is 87.0 Å². The molecule has 18 N–H and O–H groups in total. The largest absolute Gasteiger partial charge is 0.756 e. The van der Waals surface area contributed by atoms with E-state index >= 15 is 0 Å². The maximum Gasteiger partial charge on any atom is 0.487 e. The number of benzene rings is 2. The lowest BCUT2D eigenvalue weighted by Gasteiger charge is -2.47. The summed E-state index contributed by atoms with van der Waals surface area (Å²) in [4.78, 5) is 222. The number of amides is 4. The monoisotopic (exact) mass is 2010 g/mol. The summed E-state index contributed by atoms with van der Waals surface area (Å²) in [5.41, 5.74) is 11.2. The number of fused-ring (bicyclic) bond motifs is 6. The molecule has 4 aliphatic heterocycles. The van der Waals surface area contributed by atoms with E-state index in [1.54, 1.807) is 26.0 Å². The molecule has 0 saturated carbocycles. The van der Waals surface area contributed by atoms with Gasteiger partial charge in [-0.2, -0.15) is 8.62 Å². The quantitative estimate of drug-likeness (QED) is 0.00628. The second-order valence-corrected chi connectivity index (χ2v) is 41.0. The molecule has 2 saturated heterocycles. The number of carbonyl (C=O) groups excluding carboxylic acids is 6. The number of esters is 2. The van der Waals surface area contributed by atoms with E-state index in [1.807, 2.05) is 12.1 Å². The maximum atomic E-state index is 13.1. The number of aromatic amines is 2. The van der Waals surface area contributed by atoms with Crippen LogP contribution in [0.2, 0.25) is 0 Å². The van der Waals surface area contributed by atoms with E-state index < -0.39 is 156 Å². The Labute approximate surface area is 755 Å². The first-order valence-corrected chi connectivity index (χ1v) is 49.6. The lowest BCUT2D eigenvalue weighted by atomic mass is 9.79. The topological polar surface area (TPSA) is 800 Å². The standard InChI is InChI=1S/2C36H49N8O20P3/c1-6-58-32(48)21-13-19-12-20-18(2)15-36(3,4)44(22(20)14-23(19)61-33(21)49)11-7-8-25(45)38-9-10-39-35(50)62-28-24(16-59-66(54,55)64-67(56,57)63-65(51,52)53)60-31(27(28)46)43-17-42(5)26-29(43)40-34(37)41-30(26)47;1-6-58-32(48)21-13-19-12-20-18(2)15-36(3,4)44(22(20)14-23(19)61-33(21)49)11-7-8-25(45)38-9-10-39-35(50)62-28-27(46)24(16-59-66(54,55)64-67(56,57)63-65(51,52)53)60-31(28)43-17-42(5)26-29(43)40-34(37)41-30(26)47/h2*12-14,17-18,24,27-28,31,46H,6-11,15-16H2,1-5H3,(H8-,37,38,39,40,41,45,47,50,51,52,53,54,55,56,57)/t2*18?,24-,27-,28-,31-/m11/s1. The summed E-state index contributed by atoms with van der Waals surface area (Å²) in [5.74, 6) is -2.70. The molecule has 0 aliphatic carbocycles. The van der Waals surface area contributed by atoms with Gasteiger partial charge in [0, 0.05) is 97.5 Å². The highest BCUT2D eigenvalue weighted by Crippen LogP contribution is 2.67. The van der Waals surface area contributed by atoms with Crippen LogP contribution in [-0.2, 0) is 106 Å². The zero-order valence-corrected chi connectivity index (χ0v) is 78.1. The normalized spacial score (nSPS) is 22.9. The van der Waals surface area contributed by atoms with E-state index in [-0.39, 0.29) is 143 Å². The lowest BCUT2D eigenvalue weighted by Crippen LogP contribution is -2.49. The van der Waals surface area contributed by atoms with Gasteiger partial charge in [0.1, 0.15) is 40.6 Å². The number of anilines is 4. The van der Waals surface area contributed by atoms with Crippen LogP contribution >= 0.6 is 46.9 Å². The van der Waals surface area contributed by atoms with Gasteiger partial charge in [0.2, 0.25) is 35.3 Å². The molecule has 736 valence electrons. The Balaban J connectivity index is 0.000000258. The number of carbonyl (C=O) groups is 6. The molecule has 6 aromatic heterocycles. The van der Waals surface area contributed by atoms with E-state index in [9.17, 15) is 115 Å². The number of ether oxygens (including phenoxy) is 6. The predicted octanol–water partition coefficient (Wildman–Crippen LogP) is 0.335. The minimum atomic E-state index is -5.97. The van der Waals surface area contributed by atoms with Crippen LogP contribution in [0.25, 0.3) is 44.3 Å². The third kappa shape index (κ3) is 25.6. The van der Waals surface area contributed by atoms with Crippen molar-refractivity contribution in [3.8, 4) is 0 Å². The van der Waals surface area contributed by atoms with Crippen molar-refractivity contribution >= 4 is 150 Å². The Morgan fingerprint density at radius 3 is 1.33 bits per heavy atom. The molecule has 12 rings (SSSR count). The number of aliphatic hydroxyl groups excluding tert-OH is 2. The van der Waals surface area contributed by atoms with Gasteiger partial charge >= 0.3 is 78.0 Å². The Morgan fingerprint density at radius 2 is 0.925 bits per heavy atom. The van der Waals surface area contributed by atoms with Gasteiger partial charge in [-0.15, -0.1) is 0 Å². The number of hydrogen-bond acceptors (Lipinski definition) is 40. The fraction of sp³-hybridized carbons (Fsp3) is 0.528. The number of nitrogens with two attached hydrogens (primary N) is 2. The average molecular weight is 2010 g/mol. The molecule has 0 radical (unpaired) electrons. The summed E-state index contributed by atoms with van der Waals surface area (Å²) in [7, 11) is -32.4. The van der Waals surface area contributed by atoms with E-state index in [1.165, 1.54) is 48.0 Å². The Bertz CT molecular complexity index is 6410. The van der Waals surface area contributed by atoms with Crippen molar-refractivity contribution in [2.45, 2.75) is 166 Å². The van der Waals surface area contributed by atoms with Crippen LogP contribution in [0.1, 0.15) is 150 Å². The number of alkyl carbamates (subject to hydrolysis) is 2. The Hall–Kier alpha value is -10.2. The molecule has 10 heterocycles. The molecule has 4 aliphatic rings. The third-order valence-corrected chi connectivity index (χ3v) is 28.9. The number of nitrogen functional groups attached to an aromatic ring is 2. The smallest absolute Gasteiger partial charge is 0.487 e. The fourth-order valence-electron chi connectivity index (χ4n) is 16.1. The summed E-state index contributed by atoms with van der Waals surface area (Å²) < 4.78 is 143. The number of phosphoric acid groups is 6. The summed E-state index contributed by atoms with van der Waals surface area (Å²) in [5, 5.41) is 33.9. The van der Waals surface area contributed by atoms with Crippen molar-refractivity contribution < 1.29 is 178 Å². The summed E-state index contributed by atoms with van der Waals surface area (Å²) in [6, 6.07) is 10.2. The molecule has 2 aromatic carbocycles. The van der Waals surface area contributed by atoms with Gasteiger partial charge in [0.25, 0.3) is 38.7 Å². The fourth-order valence-corrected chi connectivity index (χ4v) is 22.1. The van der Waals surface area contributed by atoms with Crippen LogP contribution in [0.15, 0.2) is 77.1 Å². The summed E-state index contributed by atoms with van der Waals surface area (Å²) in [6.45, 7) is 13.9. The van der Waals surface area contributed by atoms with E-state index in [0.717, 1.165) is 44.5 Å². The van der Waals surface area contributed by atoms with Crippen molar-refractivity contribution in [1.29, 1.82) is 0 Å². The van der Waals surface area contributed by atoms with Crippen molar-refractivity contribution in [1.82, 2.24) is 50.3 Å². The molecule has 8 unspecified atom stereocenters. The lowest BCUT2D eigenvalue weighted by molar-refractivity contribution is -0.746. The van der Waals surface area contributed by atoms with Crippen molar-refractivity contribution in [3.05, 3.63) is 113 Å². The van der Waals surface area contributed by atoms with E-state index in [4.69, 9.17) is 58.5 Å². The minimum absolute atomic E-state index is 0.0401. The van der Waals surface area contributed by atoms with Gasteiger partial charge in [-0.05, 0) is 114 Å².